The molecule has 1 unspecified atom stereocenters. The molecule has 0 radical (unpaired) electrons. The molecule has 5 heteroatoms. The average Bonchev–Trinajstić information content (AvgIpc) is 2.84. The van der Waals surface area contributed by atoms with E-state index < -0.39 is 0 Å². The largest absolute Gasteiger partial charge is 0.271 e. The topological polar surface area (TPSA) is 38.0 Å². The van der Waals surface area contributed by atoms with Crippen LogP contribution in [0.2, 0.25) is 5.02 Å². The molecule has 1 heterocycles. The fourth-order valence-corrected chi connectivity index (χ4v) is 2.63. The minimum atomic E-state index is -0.286. The minimum absolute atomic E-state index is 0.0469. The molecule has 2 aromatic rings. The number of thiophene rings is 1. The van der Waals surface area contributed by atoms with E-state index in [9.17, 15) is 4.39 Å². The Morgan fingerprint density at radius 3 is 2.88 bits per heavy atom. The van der Waals surface area contributed by atoms with Crippen LogP contribution >= 0.6 is 22.9 Å². The summed E-state index contributed by atoms with van der Waals surface area (Å²) in [5.41, 5.74) is 3.48. The summed E-state index contributed by atoms with van der Waals surface area (Å²) in [6, 6.07) is 8.25. The van der Waals surface area contributed by atoms with Crippen LogP contribution in [0, 0.1) is 5.82 Å². The molecule has 2 rings (SSSR count). The number of nitrogens with one attached hydrogen (secondary N) is 1. The Hall–Kier alpha value is -0.940. The number of rotatable bonds is 4. The second-order valence-corrected chi connectivity index (χ2v) is 5.06. The zero-order chi connectivity index (χ0) is 12.3. The van der Waals surface area contributed by atoms with Crippen molar-refractivity contribution >= 4 is 22.9 Å². The lowest BCUT2D eigenvalue weighted by Crippen LogP contribution is -2.29. The van der Waals surface area contributed by atoms with Gasteiger partial charge in [-0.3, -0.25) is 11.3 Å². The van der Waals surface area contributed by atoms with Gasteiger partial charge in [-0.1, -0.05) is 17.7 Å². The predicted molar refractivity (Wildman–Crippen MR) is 69.5 cm³/mol. The molecule has 1 aromatic carbocycles. The Bertz CT molecular complexity index is 487. The van der Waals surface area contributed by atoms with Gasteiger partial charge in [0.15, 0.2) is 0 Å². The molecule has 0 aliphatic rings. The van der Waals surface area contributed by atoms with E-state index in [4.69, 9.17) is 17.4 Å². The van der Waals surface area contributed by atoms with Gasteiger partial charge in [0.25, 0.3) is 0 Å². The average molecular weight is 271 g/mol. The highest BCUT2D eigenvalue weighted by Crippen LogP contribution is 2.26. The van der Waals surface area contributed by atoms with Crippen molar-refractivity contribution in [3.05, 3.63) is 57.0 Å². The van der Waals surface area contributed by atoms with Crippen LogP contribution in [0.4, 0.5) is 4.39 Å². The van der Waals surface area contributed by atoms with Gasteiger partial charge >= 0.3 is 0 Å². The van der Waals surface area contributed by atoms with Crippen LogP contribution in [0.25, 0.3) is 0 Å². The maximum absolute atomic E-state index is 13.1. The van der Waals surface area contributed by atoms with Crippen molar-refractivity contribution in [3.63, 3.8) is 0 Å². The summed E-state index contributed by atoms with van der Waals surface area (Å²) in [4.78, 5) is 1.10. The van der Waals surface area contributed by atoms with Gasteiger partial charge in [0.05, 0.1) is 6.04 Å². The third-order valence-electron chi connectivity index (χ3n) is 2.52. The first-order chi connectivity index (χ1) is 8.20. The Kier molecular flexibility index (Phi) is 4.12. The second kappa shape index (κ2) is 5.60. The number of nitrogens with two attached hydrogens (primary N) is 1. The lowest BCUT2D eigenvalue weighted by molar-refractivity contribution is 0.557. The van der Waals surface area contributed by atoms with Crippen LogP contribution in [-0.4, -0.2) is 0 Å². The van der Waals surface area contributed by atoms with Crippen LogP contribution < -0.4 is 11.3 Å². The first kappa shape index (κ1) is 12.5. The summed E-state index contributed by atoms with van der Waals surface area (Å²) in [5.74, 6) is 5.23. The van der Waals surface area contributed by atoms with Crippen molar-refractivity contribution in [2.45, 2.75) is 12.5 Å². The number of hydrogen-bond acceptors (Lipinski definition) is 3. The molecule has 1 aromatic heterocycles. The molecule has 0 spiro atoms. The summed E-state index contributed by atoms with van der Waals surface area (Å²) in [7, 11) is 0. The second-order valence-electron chi connectivity index (χ2n) is 3.67. The third kappa shape index (κ3) is 3.04. The van der Waals surface area contributed by atoms with Crippen LogP contribution in [-0.2, 0) is 6.42 Å². The van der Waals surface area contributed by atoms with Gasteiger partial charge < -0.3 is 0 Å². The number of halogens is 2. The van der Waals surface area contributed by atoms with Gasteiger partial charge in [-0.05, 0) is 41.6 Å². The first-order valence-electron chi connectivity index (χ1n) is 5.14. The molecule has 2 nitrogen and oxygen atoms in total. The Morgan fingerprint density at radius 2 is 2.24 bits per heavy atom. The first-order valence-corrected chi connectivity index (χ1v) is 6.40. The minimum Gasteiger partial charge on any atom is -0.271 e. The summed E-state index contributed by atoms with van der Waals surface area (Å²) < 4.78 is 13.1. The SMILES string of the molecule is NNC(Cc1cc(F)ccc1Cl)c1cccs1. The van der Waals surface area contributed by atoms with Gasteiger partial charge in [-0.15, -0.1) is 11.3 Å². The molecule has 3 N–H and O–H groups in total. The van der Waals surface area contributed by atoms with E-state index >= 15 is 0 Å². The lowest BCUT2D eigenvalue weighted by atomic mass is 10.0. The summed E-state index contributed by atoms with van der Waals surface area (Å²) in [5, 5.41) is 2.54. The zero-order valence-electron chi connectivity index (χ0n) is 8.99. The standard InChI is InChI=1S/C12H12ClFN2S/c13-10-4-3-9(14)6-8(10)7-11(16-15)12-2-1-5-17-12/h1-6,11,16H,7,15H2. The molecule has 0 bridgehead atoms. The monoisotopic (exact) mass is 270 g/mol. The van der Waals surface area contributed by atoms with Gasteiger partial charge in [0.2, 0.25) is 0 Å². The molecule has 90 valence electrons. The molecule has 0 amide bonds. The summed E-state index contributed by atoms with van der Waals surface area (Å²) in [6.45, 7) is 0. The fourth-order valence-electron chi connectivity index (χ4n) is 1.65. The highest BCUT2D eigenvalue weighted by Gasteiger charge is 2.13. The predicted octanol–water partition coefficient (Wildman–Crippen LogP) is 3.29. The zero-order valence-corrected chi connectivity index (χ0v) is 10.6. The van der Waals surface area contributed by atoms with Crippen LogP contribution in [0.15, 0.2) is 35.7 Å². The maximum atomic E-state index is 13.1. The molecular weight excluding hydrogens is 259 g/mol. The van der Waals surface area contributed by atoms with E-state index in [1.54, 1.807) is 17.4 Å². The molecule has 0 fully saturated rings. The quantitative estimate of drug-likeness (QED) is 0.661. The van der Waals surface area contributed by atoms with E-state index in [-0.39, 0.29) is 11.9 Å². The van der Waals surface area contributed by atoms with Crippen molar-refractivity contribution in [2.75, 3.05) is 0 Å². The highest BCUT2D eigenvalue weighted by atomic mass is 35.5. The molecule has 0 saturated carbocycles. The number of hydrogen-bond donors (Lipinski definition) is 2. The van der Waals surface area contributed by atoms with Crippen molar-refractivity contribution in [3.8, 4) is 0 Å². The third-order valence-corrected chi connectivity index (χ3v) is 3.87. The van der Waals surface area contributed by atoms with E-state index in [2.05, 4.69) is 5.43 Å². The summed E-state index contributed by atoms with van der Waals surface area (Å²) >= 11 is 7.63. The molecule has 0 aliphatic heterocycles. The summed E-state index contributed by atoms with van der Waals surface area (Å²) in [6.07, 6.45) is 0.563. The molecule has 0 aliphatic carbocycles. The number of hydrazine groups is 1. The van der Waals surface area contributed by atoms with E-state index in [0.29, 0.717) is 11.4 Å². The Morgan fingerprint density at radius 1 is 1.41 bits per heavy atom. The van der Waals surface area contributed by atoms with E-state index in [1.807, 2.05) is 17.5 Å². The van der Waals surface area contributed by atoms with Crippen molar-refractivity contribution in [1.82, 2.24) is 5.43 Å². The van der Waals surface area contributed by atoms with Gasteiger partial charge in [-0.2, -0.15) is 0 Å². The normalized spacial score (nSPS) is 12.6. The lowest BCUT2D eigenvalue weighted by Gasteiger charge is -2.15. The van der Waals surface area contributed by atoms with Crippen LogP contribution in [0.5, 0.6) is 0 Å². The van der Waals surface area contributed by atoms with E-state index in [1.165, 1.54) is 12.1 Å². The molecule has 1 atom stereocenters. The van der Waals surface area contributed by atoms with Crippen LogP contribution in [0.3, 0.4) is 0 Å². The Labute approximate surface area is 108 Å². The van der Waals surface area contributed by atoms with Gasteiger partial charge in [0.1, 0.15) is 5.82 Å². The smallest absolute Gasteiger partial charge is 0.123 e. The molecule has 17 heavy (non-hydrogen) atoms. The van der Waals surface area contributed by atoms with E-state index in [0.717, 1.165) is 10.4 Å². The van der Waals surface area contributed by atoms with Gasteiger partial charge in [0, 0.05) is 9.90 Å². The maximum Gasteiger partial charge on any atom is 0.123 e. The molecular formula is C12H12ClFN2S. The Balaban J connectivity index is 2.21. The van der Waals surface area contributed by atoms with Gasteiger partial charge in [-0.25, -0.2) is 4.39 Å². The van der Waals surface area contributed by atoms with Crippen molar-refractivity contribution < 1.29 is 4.39 Å². The van der Waals surface area contributed by atoms with Crippen molar-refractivity contribution in [2.24, 2.45) is 5.84 Å². The number of benzene rings is 1. The highest BCUT2D eigenvalue weighted by molar-refractivity contribution is 7.10. The van der Waals surface area contributed by atoms with Crippen molar-refractivity contribution in [1.29, 1.82) is 0 Å². The molecule has 0 saturated heterocycles. The fraction of sp³-hybridized carbons (Fsp3) is 0.167. The van der Waals surface area contributed by atoms with Crippen LogP contribution in [0.1, 0.15) is 16.5 Å².